The van der Waals surface area contributed by atoms with Gasteiger partial charge in [0.1, 0.15) is 0 Å². The van der Waals surface area contributed by atoms with Gasteiger partial charge in [-0.2, -0.15) is 0 Å². The number of hydrogen-bond acceptors (Lipinski definition) is 2. The summed E-state index contributed by atoms with van der Waals surface area (Å²) in [5.74, 6) is 0. The van der Waals surface area contributed by atoms with Crippen molar-refractivity contribution in [3.63, 3.8) is 0 Å². The van der Waals surface area contributed by atoms with Crippen molar-refractivity contribution in [2.75, 3.05) is 13.2 Å². The van der Waals surface area contributed by atoms with Gasteiger partial charge in [0.15, 0.2) is 0 Å². The average molecular weight is 233 g/mol. The summed E-state index contributed by atoms with van der Waals surface area (Å²) in [5.41, 5.74) is 1.41. The largest absolute Gasteiger partial charge is 0.396 e. The molecule has 2 nitrogen and oxygen atoms in total. The smallest absolute Gasteiger partial charge is 0.0431 e. The van der Waals surface area contributed by atoms with Crippen LogP contribution in [0.1, 0.15) is 44.2 Å². The van der Waals surface area contributed by atoms with Gasteiger partial charge in [0.25, 0.3) is 0 Å². The fourth-order valence-corrected chi connectivity index (χ4v) is 2.93. The highest BCUT2D eigenvalue weighted by Gasteiger charge is 2.28. The van der Waals surface area contributed by atoms with Gasteiger partial charge in [-0.15, -0.1) is 0 Å². The first kappa shape index (κ1) is 12.6. The van der Waals surface area contributed by atoms with E-state index in [2.05, 4.69) is 42.2 Å². The molecule has 17 heavy (non-hydrogen) atoms. The first-order chi connectivity index (χ1) is 8.33. The molecule has 94 valence electrons. The van der Waals surface area contributed by atoms with Crippen LogP contribution in [0.5, 0.6) is 0 Å². The second-order valence-electron chi connectivity index (χ2n) is 4.99. The van der Waals surface area contributed by atoms with Crippen molar-refractivity contribution < 1.29 is 5.11 Å². The number of hydrogen-bond donors (Lipinski definition) is 1. The van der Waals surface area contributed by atoms with E-state index in [4.69, 9.17) is 5.11 Å². The first-order valence-corrected chi connectivity index (χ1v) is 6.74. The summed E-state index contributed by atoms with van der Waals surface area (Å²) in [6.45, 7) is 3.82. The second kappa shape index (κ2) is 6.18. The molecular formula is C15H23NO. The molecule has 1 N–H and O–H groups in total. The average Bonchev–Trinajstić information content (AvgIpc) is 2.84. The number of nitrogens with zero attached hydrogens (tertiary/aromatic N) is 1. The SMILES string of the molecule is CC(c1ccccc1)N1CCCC1CCCO. The van der Waals surface area contributed by atoms with Gasteiger partial charge >= 0.3 is 0 Å². The monoisotopic (exact) mass is 233 g/mol. The van der Waals surface area contributed by atoms with E-state index in [0.717, 1.165) is 12.8 Å². The Kier molecular flexibility index (Phi) is 4.57. The van der Waals surface area contributed by atoms with Crippen molar-refractivity contribution in [2.45, 2.75) is 44.7 Å². The molecule has 2 unspecified atom stereocenters. The van der Waals surface area contributed by atoms with E-state index in [1.807, 2.05) is 0 Å². The zero-order valence-corrected chi connectivity index (χ0v) is 10.7. The van der Waals surface area contributed by atoms with E-state index < -0.39 is 0 Å². The minimum absolute atomic E-state index is 0.323. The molecular weight excluding hydrogens is 210 g/mol. The Morgan fingerprint density at radius 2 is 2.12 bits per heavy atom. The molecule has 0 aromatic heterocycles. The molecule has 2 atom stereocenters. The standard InChI is InChI=1S/C15H23NO/c1-13(14-7-3-2-4-8-14)16-11-5-9-15(16)10-6-12-17/h2-4,7-8,13,15,17H,5-6,9-12H2,1H3. The second-order valence-corrected chi connectivity index (χ2v) is 4.99. The Bertz CT molecular complexity index is 325. The molecule has 0 aliphatic carbocycles. The molecule has 1 aromatic carbocycles. The van der Waals surface area contributed by atoms with Gasteiger partial charge in [0.05, 0.1) is 0 Å². The molecule has 0 radical (unpaired) electrons. The molecule has 2 rings (SSSR count). The molecule has 0 saturated carbocycles. The van der Waals surface area contributed by atoms with E-state index in [-0.39, 0.29) is 0 Å². The fourth-order valence-electron chi connectivity index (χ4n) is 2.93. The maximum Gasteiger partial charge on any atom is 0.0431 e. The predicted molar refractivity (Wildman–Crippen MR) is 70.9 cm³/mol. The number of rotatable bonds is 5. The van der Waals surface area contributed by atoms with Crippen molar-refractivity contribution in [3.05, 3.63) is 35.9 Å². The summed E-state index contributed by atoms with van der Waals surface area (Å²) in [6.07, 6.45) is 4.65. The molecule has 1 fully saturated rings. The molecule has 1 aromatic rings. The Hall–Kier alpha value is -0.860. The van der Waals surface area contributed by atoms with Crippen LogP contribution in [0.25, 0.3) is 0 Å². The van der Waals surface area contributed by atoms with E-state index in [9.17, 15) is 0 Å². The summed E-state index contributed by atoms with van der Waals surface area (Å²) < 4.78 is 0. The van der Waals surface area contributed by atoms with Crippen LogP contribution in [-0.2, 0) is 0 Å². The van der Waals surface area contributed by atoms with Crippen LogP contribution in [0.4, 0.5) is 0 Å². The van der Waals surface area contributed by atoms with Crippen molar-refractivity contribution in [1.82, 2.24) is 4.90 Å². The molecule has 1 heterocycles. The summed E-state index contributed by atoms with van der Waals surface area (Å²) in [4.78, 5) is 2.60. The Balaban J connectivity index is 2.00. The van der Waals surface area contributed by atoms with E-state index in [1.54, 1.807) is 0 Å². The number of benzene rings is 1. The van der Waals surface area contributed by atoms with Crippen molar-refractivity contribution in [1.29, 1.82) is 0 Å². The van der Waals surface area contributed by atoms with Crippen LogP contribution in [-0.4, -0.2) is 29.2 Å². The Morgan fingerprint density at radius 3 is 2.82 bits per heavy atom. The van der Waals surface area contributed by atoms with Crippen LogP contribution < -0.4 is 0 Å². The van der Waals surface area contributed by atoms with Gasteiger partial charge in [0, 0.05) is 18.7 Å². The fraction of sp³-hybridized carbons (Fsp3) is 0.600. The van der Waals surface area contributed by atoms with Gasteiger partial charge in [-0.3, -0.25) is 4.90 Å². The van der Waals surface area contributed by atoms with Crippen molar-refractivity contribution in [2.24, 2.45) is 0 Å². The first-order valence-electron chi connectivity index (χ1n) is 6.74. The van der Waals surface area contributed by atoms with E-state index in [1.165, 1.54) is 24.9 Å². The number of aliphatic hydroxyl groups is 1. The predicted octanol–water partition coefficient (Wildman–Crippen LogP) is 2.98. The third kappa shape index (κ3) is 3.08. The van der Waals surface area contributed by atoms with Gasteiger partial charge in [0.2, 0.25) is 0 Å². The normalized spacial score (nSPS) is 22.8. The van der Waals surface area contributed by atoms with Crippen LogP contribution in [0.3, 0.4) is 0 Å². The van der Waals surface area contributed by atoms with Crippen LogP contribution in [0.15, 0.2) is 30.3 Å². The zero-order chi connectivity index (χ0) is 12.1. The quantitative estimate of drug-likeness (QED) is 0.845. The lowest BCUT2D eigenvalue weighted by atomic mass is 10.0. The Labute approximate surface area is 104 Å². The van der Waals surface area contributed by atoms with Gasteiger partial charge in [-0.1, -0.05) is 30.3 Å². The minimum atomic E-state index is 0.323. The minimum Gasteiger partial charge on any atom is -0.396 e. The van der Waals surface area contributed by atoms with E-state index in [0.29, 0.717) is 18.7 Å². The maximum atomic E-state index is 8.95. The summed E-state index contributed by atoms with van der Waals surface area (Å²) in [6, 6.07) is 11.9. The molecule has 1 aliphatic heterocycles. The summed E-state index contributed by atoms with van der Waals surface area (Å²) in [7, 11) is 0. The van der Waals surface area contributed by atoms with Crippen LogP contribution >= 0.6 is 0 Å². The highest BCUT2D eigenvalue weighted by Crippen LogP contribution is 2.30. The molecule has 2 heteroatoms. The van der Waals surface area contributed by atoms with Gasteiger partial charge in [-0.25, -0.2) is 0 Å². The zero-order valence-electron chi connectivity index (χ0n) is 10.7. The van der Waals surface area contributed by atoms with Gasteiger partial charge in [-0.05, 0) is 44.7 Å². The summed E-state index contributed by atoms with van der Waals surface area (Å²) in [5, 5.41) is 8.95. The lowest BCUT2D eigenvalue weighted by Gasteiger charge is -2.31. The Morgan fingerprint density at radius 1 is 1.35 bits per heavy atom. The molecule has 0 amide bonds. The summed E-state index contributed by atoms with van der Waals surface area (Å²) >= 11 is 0. The van der Waals surface area contributed by atoms with Crippen LogP contribution in [0, 0.1) is 0 Å². The highest BCUT2D eigenvalue weighted by atomic mass is 16.2. The van der Waals surface area contributed by atoms with Crippen molar-refractivity contribution in [3.8, 4) is 0 Å². The van der Waals surface area contributed by atoms with Crippen molar-refractivity contribution >= 4 is 0 Å². The number of likely N-dealkylation sites (tertiary alicyclic amines) is 1. The topological polar surface area (TPSA) is 23.5 Å². The third-order valence-electron chi connectivity index (χ3n) is 3.90. The van der Waals surface area contributed by atoms with E-state index >= 15 is 0 Å². The molecule has 0 bridgehead atoms. The molecule has 1 saturated heterocycles. The number of aliphatic hydroxyl groups excluding tert-OH is 1. The molecule has 0 spiro atoms. The van der Waals surface area contributed by atoms with Crippen LogP contribution in [0.2, 0.25) is 0 Å². The molecule has 1 aliphatic rings. The highest BCUT2D eigenvalue weighted by molar-refractivity contribution is 5.18. The maximum absolute atomic E-state index is 8.95. The third-order valence-corrected chi connectivity index (χ3v) is 3.90. The lowest BCUT2D eigenvalue weighted by Crippen LogP contribution is -2.32. The lowest BCUT2D eigenvalue weighted by molar-refractivity contribution is 0.172. The van der Waals surface area contributed by atoms with Gasteiger partial charge < -0.3 is 5.11 Å².